The largest absolute Gasteiger partial charge is 0.322 e. The number of rotatable bonds is 7. The smallest absolute Gasteiger partial charge is 0.262 e. The third kappa shape index (κ3) is 5.61. The zero-order valence-corrected chi connectivity index (χ0v) is 19.6. The van der Waals surface area contributed by atoms with Crippen molar-refractivity contribution in [2.24, 2.45) is 4.99 Å². The number of anilines is 2. The van der Waals surface area contributed by atoms with Crippen LogP contribution in [-0.4, -0.2) is 35.1 Å². The van der Waals surface area contributed by atoms with E-state index in [4.69, 9.17) is 0 Å². The van der Waals surface area contributed by atoms with E-state index in [-0.39, 0.29) is 15.4 Å². The van der Waals surface area contributed by atoms with E-state index in [0.717, 1.165) is 6.42 Å². The third-order valence-electron chi connectivity index (χ3n) is 4.98. The Hall–Kier alpha value is -3.70. The summed E-state index contributed by atoms with van der Waals surface area (Å²) in [5.74, 6) is -0.0439. The van der Waals surface area contributed by atoms with Gasteiger partial charge in [0.05, 0.1) is 9.79 Å². The van der Waals surface area contributed by atoms with Gasteiger partial charge in [0.25, 0.3) is 26.0 Å². The Morgan fingerprint density at radius 1 is 0.735 bits per heavy atom. The highest BCUT2D eigenvalue weighted by atomic mass is 32.2. The summed E-state index contributed by atoms with van der Waals surface area (Å²) in [5, 5.41) is 2.66. The molecular weight excluding hydrogens is 476 g/mol. The van der Waals surface area contributed by atoms with Crippen LogP contribution in [-0.2, 0) is 20.0 Å². The second kappa shape index (κ2) is 9.65. The molecule has 1 aliphatic heterocycles. The van der Waals surface area contributed by atoms with Crippen molar-refractivity contribution in [3.05, 3.63) is 84.4 Å². The molecule has 176 valence electrons. The Labute approximate surface area is 198 Å². The summed E-state index contributed by atoms with van der Waals surface area (Å²) in [6, 6.07) is 19.7. The van der Waals surface area contributed by atoms with Crippen LogP contribution in [0.2, 0.25) is 0 Å². The van der Waals surface area contributed by atoms with Gasteiger partial charge in [0, 0.05) is 29.9 Å². The highest BCUT2D eigenvalue weighted by Crippen LogP contribution is 2.19. The molecule has 0 unspecified atom stereocenters. The lowest BCUT2D eigenvalue weighted by atomic mass is 10.2. The lowest BCUT2D eigenvalue weighted by molar-refractivity contribution is 0.102. The highest BCUT2D eigenvalue weighted by molar-refractivity contribution is 7.92. The number of amides is 1. The Morgan fingerprint density at radius 3 is 2.09 bits per heavy atom. The van der Waals surface area contributed by atoms with Crippen LogP contribution < -0.4 is 14.8 Å². The maximum absolute atomic E-state index is 12.6. The number of carbonyl (C=O) groups excluding carboxylic acids is 1. The van der Waals surface area contributed by atoms with Gasteiger partial charge in [-0.2, -0.15) is 0 Å². The average molecular weight is 499 g/mol. The van der Waals surface area contributed by atoms with Gasteiger partial charge < -0.3 is 5.32 Å². The molecule has 0 saturated carbocycles. The lowest BCUT2D eigenvalue weighted by Gasteiger charge is -2.11. The molecule has 3 aromatic rings. The second-order valence-corrected chi connectivity index (χ2v) is 10.9. The van der Waals surface area contributed by atoms with Crippen LogP contribution in [0.25, 0.3) is 0 Å². The molecule has 0 aliphatic carbocycles. The Bertz CT molecular complexity index is 1440. The van der Waals surface area contributed by atoms with Crippen LogP contribution in [0.15, 0.2) is 93.6 Å². The van der Waals surface area contributed by atoms with Crippen molar-refractivity contribution in [1.82, 2.24) is 4.72 Å². The molecule has 0 atom stereocenters. The Balaban J connectivity index is 1.43. The molecule has 1 aliphatic rings. The summed E-state index contributed by atoms with van der Waals surface area (Å²) in [4.78, 5) is 16.9. The van der Waals surface area contributed by atoms with Gasteiger partial charge in [-0.3, -0.25) is 19.2 Å². The van der Waals surface area contributed by atoms with Gasteiger partial charge >= 0.3 is 0 Å². The van der Waals surface area contributed by atoms with E-state index >= 15 is 0 Å². The molecule has 0 saturated heterocycles. The first-order chi connectivity index (χ1) is 16.2. The Morgan fingerprint density at radius 2 is 1.41 bits per heavy atom. The first kappa shape index (κ1) is 23.5. The van der Waals surface area contributed by atoms with Crippen molar-refractivity contribution in [2.75, 3.05) is 16.6 Å². The van der Waals surface area contributed by atoms with Crippen LogP contribution in [0, 0.1) is 0 Å². The van der Waals surface area contributed by atoms with Crippen LogP contribution in [0.3, 0.4) is 0 Å². The van der Waals surface area contributed by atoms with Crippen LogP contribution in [0.4, 0.5) is 11.4 Å². The third-order valence-corrected chi connectivity index (χ3v) is 7.76. The van der Waals surface area contributed by atoms with Gasteiger partial charge in [-0.25, -0.2) is 16.8 Å². The minimum absolute atomic E-state index is 0.00515. The number of nitrogens with zero attached hydrogens (tertiary/aromatic N) is 1. The van der Waals surface area contributed by atoms with Gasteiger partial charge in [-0.05, 0) is 61.0 Å². The lowest BCUT2D eigenvalue weighted by Crippen LogP contribution is -2.29. The van der Waals surface area contributed by atoms with Crippen molar-refractivity contribution in [3.63, 3.8) is 0 Å². The topological polar surface area (TPSA) is 134 Å². The van der Waals surface area contributed by atoms with Crippen LogP contribution in [0.1, 0.15) is 23.2 Å². The maximum Gasteiger partial charge on any atom is 0.262 e. The van der Waals surface area contributed by atoms with Crippen molar-refractivity contribution in [2.45, 2.75) is 22.6 Å². The van der Waals surface area contributed by atoms with Gasteiger partial charge in [-0.15, -0.1) is 0 Å². The summed E-state index contributed by atoms with van der Waals surface area (Å²) < 4.78 is 55.0. The number of sulfonamides is 2. The van der Waals surface area contributed by atoms with E-state index in [0.29, 0.717) is 30.2 Å². The van der Waals surface area contributed by atoms with Crippen LogP contribution >= 0.6 is 0 Å². The second-order valence-electron chi connectivity index (χ2n) is 7.52. The molecule has 9 nitrogen and oxygen atoms in total. The molecule has 3 N–H and O–H groups in total. The van der Waals surface area contributed by atoms with E-state index in [9.17, 15) is 21.6 Å². The maximum atomic E-state index is 12.6. The predicted molar refractivity (Wildman–Crippen MR) is 130 cm³/mol. The predicted octanol–water partition coefficient (Wildman–Crippen LogP) is 3.21. The van der Waals surface area contributed by atoms with Crippen molar-refractivity contribution >= 4 is 43.2 Å². The number of carbonyl (C=O) groups is 1. The van der Waals surface area contributed by atoms with E-state index < -0.39 is 26.0 Å². The molecule has 0 radical (unpaired) electrons. The number of nitrogens with one attached hydrogen (secondary N) is 3. The molecule has 0 spiro atoms. The normalized spacial score (nSPS) is 13.7. The zero-order valence-electron chi connectivity index (χ0n) is 17.9. The number of amidine groups is 1. The number of aliphatic imine (C=N–C) groups is 1. The minimum Gasteiger partial charge on any atom is -0.322 e. The highest BCUT2D eigenvalue weighted by Gasteiger charge is 2.19. The van der Waals surface area contributed by atoms with E-state index in [2.05, 4.69) is 19.8 Å². The number of benzene rings is 3. The molecule has 0 bridgehead atoms. The first-order valence-corrected chi connectivity index (χ1v) is 13.4. The average Bonchev–Trinajstić information content (AvgIpc) is 3.32. The molecule has 0 fully saturated rings. The molecule has 3 aromatic carbocycles. The molecule has 11 heteroatoms. The fourth-order valence-electron chi connectivity index (χ4n) is 3.28. The van der Waals surface area contributed by atoms with Gasteiger partial charge in [-0.1, -0.05) is 24.3 Å². The van der Waals surface area contributed by atoms with Gasteiger partial charge in [0.15, 0.2) is 0 Å². The summed E-state index contributed by atoms with van der Waals surface area (Å²) in [7, 11) is -7.55. The number of hydrogen-bond donors (Lipinski definition) is 3. The zero-order chi connectivity index (χ0) is 24.2. The minimum atomic E-state index is -3.81. The molecule has 1 heterocycles. The molecule has 0 aromatic heterocycles. The molecule has 34 heavy (non-hydrogen) atoms. The van der Waals surface area contributed by atoms with E-state index in [1.807, 2.05) is 0 Å². The fourth-order valence-corrected chi connectivity index (χ4v) is 5.50. The molecule has 4 rings (SSSR count). The molecule has 1 amide bonds. The van der Waals surface area contributed by atoms with Crippen molar-refractivity contribution < 1.29 is 21.6 Å². The van der Waals surface area contributed by atoms with Gasteiger partial charge in [0.2, 0.25) is 0 Å². The van der Waals surface area contributed by atoms with E-state index in [1.54, 1.807) is 24.3 Å². The first-order valence-electron chi connectivity index (χ1n) is 10.4. The van der Waals surface area contributed by atoms with E-state index in [1.165, 1.54) is 54.6 Å². The fraction of sp³-hybridized carbons (Fsp3) is 0.130. The van der Waals surface area contributed by atoms with Crippen molar-refractivity contribution in [1.29, 1.82) is 0 Å². The summed E-state index contributed by atoms with van der Waals surface area (Å²) in [5.41, 5.74) is 0.874. The summed E-state index contributed by atoms with van der Waals surface area (Å²) in [6.45, 7) is 0.598. The quantitative estimate of drug-likeness (QED) is 0.460. The SMILES string of the molecule is O=C(Nc1cccc(S(=O)(=O)NC2=NCCC2)c1)c1ccc(NS(=O)(=O)c2ccccc2)cc1. The standard InChI is InChI=1S/C23H22N4O5S2/c28-23(17-11-13-18(14-12-17)26-33(29,30)20-7-2-1-3-8-20)25-19-6-4-9-21(16-19)34(31,32)27-22-10-5-15-24-22/h1-4,6-9,11-14,16,26H,5,10,15H2,(H,24,27)(H,25,28). The summed E-state index contributed by atoms with van der Waals surface area (Å²) in [6.07, 6.45) is 1.38. The monoisotopic (exact) mass is 498 g/mol. The Kier molecular flexibility index (Phi) is 6.66. The van der Waals surface area contributed by atoms with Crippen molar-refractivity contribution in [3.8, 4) is 0 Å². The number of hydrogen-bond acceptors (Lipinski definition) is 6. The molecular formula is C23H22N4O5S2. The van der Waals surface area contributed by atoms with Gasteiger partial charge in [0.1, 0.15) is 5.84 Å². The summed E-state index contributed by atoms with van der Waals surface area (Å²) >= 11 is 0. The van der Waals surface area contributed by atoms with Crippen LogP contribution in [0.5, 0.6) is 0 Å².